The fourth-order valence-electron chi connectivity index (χ4n) is 2.42. The molecule has 1 amide bonds. The van der Waals surface area contributed by atoms with Crippen LogP contribution in [0.3, 0.4) is 0 Å². The van der Waals surface area contributed by atoms with Crippen molar-refractivity contribution in [2.45, 2.75) is 13.8 Å². The van der Waals surface area contributed by atoms with Crippen LogP contribution < -0.4 is 4.90 Å². The molecule has 116 valence electrons. The van der Waals surface area contributed by atoms with E-state index >= 15 is 0 Å². The highest BCUT2D eigenvalue weighted by atomic mass is 32.1. The zero-order chi connectivity index (χ0) is 16.4. The van der Waals surface area contributed by atoms with Crippen LogP contribution in [0.2, 0.25) is 0 Å². The van der Waals surface area contributed by atoms with Crippen LogP contribution in [0.5, 0.6) is 0 Å². The standard InChI is InChI=1S/C19H18N2OS/c1-13-8-9-14(2)16(12-13)21(3)19(22)11-10-18-20-15-6-4-5-7-17(15)23-18/h4-12H,1-3H3/b11-10+. The molecule has 0 saturated heterocycles. The first-order valence-corrected chi connectivity index (χ1v) is 8.25. The topological polar surface area (TPSA) is 33.2 Å². The van der Waals surface area contributed by atoms with Crippen LogP contribution in [0.25, 0.3) is 16.3 Å². The van der Waals surface area contributed by atoms with E-state index in [1.165, 1.54) is 0 Å². The fourth-order valence-corrected chi connectivity index (χ4v) is 3.29. The average molecular weight is 322 g/mol. The Kier molecular flexibility index (Phi) is 4.26. The number of para-hydroxylation sites is 1. The van der Waals surface area contributed by atoms with E-state index < -0.39 is 0 Å². The fraction of sp³-hybridized carbons (Fsp3) is 0.158. The van der Waals surface area contributed by atoms with Crippen molar-refractivity contribution in [2.75, 3.05) is 11.9 Å². The van der Waals surface area contributed by atoms with Crippen molar-refractivity contribution in [3.8, 4) is 0 Å². The van der Waals surface area contributed by atoms with Gasteiger partial charge in [-0.1, -0.05) is 24.3 Å². The summed E-state index contributed by atoms with van der Waals surface area (Å²) in [7, 11) is 1.80. The van der Waals surface area contributed by atoms with Gasteiger partial charge < -0.3 is 4.90 Å². The highest BCUT2D eigenvalue weighted by Gasteiger charge is 2.11. The Morgan fingerprint density at radius 2 is 1.96 bits per heavy atom. The van der Waals surface area contributed by atoms with Crippen molar-refractivity contribution < 1.29 is 4.79 Å². The summed E-state index contributed by atoms with van der Waals surface area (Å²) in [5.41, 5.74) is 4.12. The molecule has 0 unspecified atom stereocenters. The number of rotatable bonds is 3. The van der Waals surface area contributed by atoms with Gasteiger partial charge in [0.25, 0.3) is 5.91 Å². The average Bonchev–Trinajstić information content (AvgIpc) is 2.97. The molecule has 4 heteroatoms. The van der Waals surface area contributed by atoms with Crippen molar-refractivity contribution in [1.82, 2.24) is 4.98 Å². The van der Waals surface area contributed by atoms with Crippen LogP contribution in [-0.2, 0) is 4.79 Å². The maximum absolute atomic E-state index is 12.4. The minimum absolute atomic E-state index is 0.0574. The first-order valence-electron chi connectivity index (χ1n) is 7.43. The van der Waals surface area contributed by atoms with Crippen molar-refractivity contribution in [1.29, 1.82) is 0 Å². The molecule has 0 aliphatic carbocycles. The van der Waals surface area contributed by atoms with Crippen LogP contribution in [0.1, 0.15) is 16.1 Å². The lowest BCUT2D eigenvalue weighted by Gasteiger charge is -2.18. The van der Waals surface area contributed by atoms with Crippen molar-refractivity contribution in [3.05, 3.63) is 64.7 Å². The number of thiazole rings is 1. The smallest absolute Gasteiger partial charge is 0.250 e. The second kappa shape index (κ2) is 6.34. The molecule has 0 N–H and O–H groups in total. The molecule has 0 aliphatic heterocycles. The van der Waals surface area contributed by atoms with E-state index in [9.17, 15) is 4.79 Å². The maximum atomic E-state index is 12.4. The maximum Gasteiger partial charge on any atom is 0.250 e. The van der Waals surface area contributed by atoms with Crippen molar-refractivity contribution >= 4 is 39.2 Å². The van der Waals surface area contributed by atoms with Gasteiger partial charge in [0.05, 0.1) is 10.2 Å². The molecular weight excluding hydrogens is 304 g/mol. The molecule has 3 aromatic rings. The minimum Gasteiger partial charge on any atom is -0.312 e. The van der Waals surface area contributed by atoms with Gasteiger partial charge in [-0.3, -0.25) is 4.79 Å². The largest absolute Gasteiger partial charge is 0.312 e. The lowest BCUT2D eigenvalue weighted by molar-refractivity contribution is -0.113. The number of aromatic nitrogens is 1. The Morgan fingerprint density at radius 3 is 2.74 bits per heavy atom. The molecule has 2 aromatic carbocycles. The number of hydrogen-bond acceptors (Lipinski definition) is 3. The summed E-state index contributed by atoms with van der Waals surface area (Å²) in [4.78, 5) is 18.6. The molecule has 23 heavy (non-hydrogen) atoms. The van der Waals surface area contributed by atoms with E-state index in [1.807, 2.05) is 56.3 Å². The number of benzene rings is 2. The van der Waals surface area contributed by atoms with Gasteiger partial charge in [0, 0.05) is 18.8 Å². The zero-order valence-corrected chi connectivity index (χ0v) is 14.2. The number of anilines is 1. The summed E-state index contributed by atoms with van der Waals surface area (Å²) >= 11 is 1.58. The predicted octanol–water partition coefficient (Wildman–Crippen LogP) is 4.59. The molecule has 0 spiro atoms. The van der Waals surface area contributed by atoms with Crippen molar-refractivity contribution in [3.63, 3.8) is 0 Å². The highest BCUT2D eigenvalue weighted by Crippen LogP contribution is 2.23. The van der Waals surface area contributed by atoms with E-state index in [-0.39, 0.29) is 5.91 Å². The lowest BCUT2D eigenvalue weighted by atomic mass is 10.1. The first kappa shape index (κ1) is 15.4. The van der Waals surface area contributed by atoms with Gasteiger partial charge in [0.2, 0.25) is 0 Å². The van der Waals surface area contributed by atoms with Gasteiger partial charge in [-0.2, -0.15) is 0 Å². The third-order valence-corrected chi connectivity index (χ3v) is 4.74. The normalized spacial score (nSPS) is 11.3. The number of likely N-dealkylation sites (N-methyl/N-ethyl adjacent to an activating group) is 1. The van der Waals surface area contributed by atoms with Crippen LogP contribution in [0.15, 0.2) is 48.5 Å². The van der Waals surface area contributed by atoms with Gasteiger partial charge in [0.1, 0.15) is 5.01 Å². The summed E-state index contributed by atoms with van der Waals surface area (Å²) in [6, 6.07) is 14.1. The third kappa shape index (κ3) is 3.32. The van der Waals surface area contributed by atoms with Gasteiger partial charge in [-0.25, -0.2) is 4.98 Å². The van der Waals surface area contributed by atoms with Crippen molar-refractivity contribution in [2.24, 2.45) is 0 Å². The molecule has 0 aliphatic rings. The molecule has 3 nitrogen and oxygen atoms in total. The summed E-state index contributed by atoms with van der Waals surface area (Å²) in [5.74, 6) is -0.0574. The van der Waals surface area contributed by atoms with E-state index in [4.69, 9.17) is 0 Å². The molecule has 0 bridgehead atoms. The molecule has 0 fully saturated rings. The highest BCUT2D eigenvalue weighted by molar-refractivity contribution is 7.19. The summed E-state index contributed by atoms with van der Waals surface area (Å²) in [6.45, 7) is 4.04. The Bertz CT molecular complexity index is 862. The zero-order valence-electron chi connectivity index (χ0n) is 13.4. The first-order chi connectivity index (χ1) is 11.0. The van der Waals surface area contributed by atoms with Crippen LogP contribution in [0.4, 0.5) is 5.69 Å². The number of hydrogen-bond donors (Lipinski definition) is 0. The van der Waals surface area contributed by atoms with E-state index in [0.717, 1.165) is 32.0 Å². The van der Waals surface area contributed by atoms with Crippen LogP contribution >= 0.6 is 11.3 Å². The minimum atomic E-state index is -0.0574. The molecular formula is C19H18N2OS. The number of aryl methyl sites for hydroxylation is 2. The van der Waals surface area contributed by atoms with Gasteiger partial charge in [-0.15, -0.1) is 11.3 Å². The number of carbonyl (C=O) groups excluding carboxylic acids is 1. The van der Waals surface area contributed by atoms with E-state index in [2.05, 4.69) is 4.98 Å². The Balaban J connectivity index is 1.81. The SMILES string of the molecule is Cc1ccc(C)c(N(C)C(=O)/C=C/c2nc3ccccc3s2)c1. The summed E-state index contributed by atoms with van der Waals surface area (Å²) < 4.78 is 1.13. The van der Waals surface area contributed by atoms with E-state index in [1.54, 1.807) is 35.4 Å². The van der Waals surface area contributed by atoms with E-state index in [0.29, 0.717) is 0 Å². The van der Waals surface area contributed by atoms with Crippen LogP contribution in [-0.4, -0.2) is 17.9 Å². The summed E-state index contributed by atoms with van der Waals surface area (Å²) in [5, 5.41) is 0.842. The molecule has 0 atom stereocenters. The lowest BCUT2D eigenvalue weighted by Crippen LogP contribution is -2.24. The number of amides is 1. The third-order valence-electron chi connectivity index (χ3n) is 3.74. The molecule has 1 heterocycles. The number of fused-ring (bicyclic) bond motifs is 1. The second-order valence-electron chi connectivity index (χ2n) is 5.54. The molecule has 0 radical (unpaired) electrons. The molecule has 1 aromatic heterocycles. The Hall–Kier alpha value is -2.46. The van der Waals surface area contributed by atoms with Gasteiger partial charge in [-0.05, 0) is 49.2 Å². The Morgan fingerprint density at radius 1 is 1.17 bits per heavy atom. The van der Waals surface area contributed by atoms with Gasteiger partial charge in [0.15, 0.2) is 0 Å². The molecule has 3 rings (SSSR count). The van der Waals surface area contributed by atoms with Gasteiger partial charge >= 0.3 is 0 Å². The second-order valence-corrected chi connectivity index (χ2v) is 6.60. The quantitative estimate of drug-likeness (QED) is 0.661. The number of carbonyl (C=O) groups is 1. The van der Waals surface area contributed by atoms with Crippen LogP contribution in [0, 0.1) is 13.8 Å². The molecule has 0 saturated carbocycles. The predicted molar refractivity (Wildman–Crippen MR) is 98.0 cm³/mol. The Labute approximate surface area is 139 Å². The monoisotopic (exact) mass is 322 g/mol. The summed E-state index contributed by atoms with van der Waals surface area (Å²) in [6.07, 6.45) is 3.37. The number of nitrogens with zero attached hydrogens (tertiary/aromatic N) is 2.